The zero-order valence-electron chi connectivity index (χ0n) is 14.7. The van der Waals surface area contributed by atoms with Gasteiger partial charge in [-0.2, -0.15) is 0 Å². The van der Waals surface area contributed by atoms with Gasteiger partial charge in [0, 0.05) is 19.2 Å². The molecule has 0 fully saturated rings. The molecule has 0 atom stereocenters. The molecule has 1 aliphatic heterocycles. The van der Waals surface area contributed by atoms with E-state index < -0.39 is 5.97 Å². The van der Waals surface area contributed by atoms with E-state index in [0.717, 1.165) is 0 Å². The van der Waals surface area contributed by atoms with E-state index in [-0.39, 0.29) is 25.6 Å². The van der Waals surface area contributed by atoms with Crippen molar-refractivity contribution in [3.8, 4) is 17.2 Å². The first kappa shape index (κ1) is 18.9. The van der Waals surface area contributed by atoms with Crippen LogP contribution in [0.4, 0.5) is 0 Å². The fraction of sp³-hybridized carbons (Fsp3) is 0.529. The highest BCUT2D eigenvalue weighted by Crippen LogP contribution is 2.40. The molecule has 8 heteroatoms. The van der Waals surface area contributed by atoms with Crippen LogP contribution in [0.3, 0.4) is 0 Å². The van der Waals surface area contributed by atoms with Crippen molar-refractivity contribution in [3.63, 3.8) is 0 Å². The summed E-state index contributed by atoms with van der Waals surface area (Å²) in [6.07, 6.45) is 0. The van der Waals surface area contributed by atoms with Crippen LogP contribution in [0.25, 0.3) is 0 Å². The Bertz CT molecular complexity index is 600. The average molecular weight is 353 g/mol. The molecule has 8 nitrogen and oxygen atoms in total. The fourth-order valence-electron chi connectivity index (χ4n) is 2.40. The molecular weight excluding hydrogens is 330 g/mol. The second-order valence-electron chi connectivity index (χ2n) is 5.23. The third kappa shape index (κ3) is 4.76. The quantitative estimate of drug-likeness (QED) is 0.648. The molecule has 1 amide bonds. The lowest BCUT2D eigenvalue weighted by atomic mass is 10.1. The summed E-state index contributed by atoms with van der Waals surface area (Å²) >= 11 is 0. The number of rotatable bonds is 8. The first-order chi connectivity index (χ1) is 12.1. The Kier molecular flexibility index (Phi) is 6.88. The van der Waals surface area contributed by atoms with Crippen molar-refractivity contribution in [2.45, 2.75) is 6.92 Å². The van der Waals surface area contributed by atoms with E-state index in [2.05, 4.69) is 0 Å². The summed E-state index contributed by atoms with van der Waals surface area (Å²) in [5, 5.41) is 0. The van der Waals surface area contributed by atoms with Crippen molar-refractivity contribution in [2.24, 2.45) is 0 Å². The fourth-order valence-corrected chi connectivity index (χ4v) is 2.40. The molecule has 1 heterocycles. The van der Waals surface area contributed by atoms with Crippen LogP contribution in [0.15, 0.2) is 12.1 Å². The molecule has 0 saturated heterocycles. The van der Waals surface area contributed by atoms with Gasteiger partial charge in [0.15, 0.2) is 11.5 Å². The lowest BCUT2D eigenvalue weighted by molar-refractivity contribution is -0.143. The number of methoxy groups -OCH3 is 2. The van der Waals surface area contributed by atoms with Crippen molar-refractivity contribution in [1.82, 2.24) is 4.90 Å². The molecular formula is C17H23NO7. The van der Waals surface area contributed by atoms with Crippen molar-refractivity contribution in [1.29, 1.82) is 0 Å². The van der Waals surface area contributed by atoms with Gasteiger partial charge >= 0.3 is 5.97 Å². The Hall–Kier alpha value is -2.48. The number of fused-ring (bicyclic) bond motifs is 1. The van der Waals surface area contributed by atoms with E-state index >= 15 is 0 Å². The third-order valence-corrected chi connectivity index (χ3v) is 3.55. The maximum absolute atomic E-state index is 12.9. The van der Waals surface area contributed by atoms with Gasteiger partial charge in [-0.05, 0) is 19.1 Å². The van der Waals surface area contributed by atoms with Gasteiger partial charge < -0.3 is 28.6 Å². The number of amides is 1. The third-order valence-electron chi connectivity index (χ3n) is 3.55. The van der Waals surface area contributed by atoms with Gasteiger partial charge in [-0.3, -0.25) is 9.59 Å². The number of carbonyl (C=O) groups excluding carboxylic acids is 2. The summed E-state index contributed by atoms with van der Waals surface area (Å²) in [6.45, 7) is 3.17. The predicted octanol–water partition coefficient (Wildman–Crippen LogP) is 1.12. The van der Waals surface area contributed by atoms with Crippen LogP contribution in [0, 0.1) is 0 Å². The van der Waals surface area contributed by atoms with E-state index in [4.69, 9.17) is 23.7 Å². The summed E-state index contributed by atoms with van der Waals surface area (Å²) in [4.78, 5) is 26.0. The van der Waals surface area contributed by atoms with Gasteiger partial charge in [-0.25, -0.2) is 0 Å². The van der Waals surface area contributed by atoms with Gasteiger partial charge in [-0.1, -0.05) is 0 Å². The summed E-state index contributed by atoms with van der Waals surface area (Å²) < 4.78 is 26.3. The highest BCUT2D eigenvalue weighted by atomic mass is 16.6. The first-order valence-corrected chi connectivity index (χ1v) is 8.02. The lowest BCUT2D eigenvalue weighted by Gasteiger charge is -2.24. The number of benzene rings is 1. The van der Waals surface area contributed by atoms with Crippen LogP contribution < -0.4 is 14.2 Å². The maximum Gasteiger partial charge on any atom is 0.325 e. The van der Waals surface area contributed by atoms with Crippen LogP contribution >= 0.6 is 0 Å². The minimum atomic E-state index is -0.475. The summed E-state index contributed by atoms with van der Waals surface area (Å²) in [6, 6.07) is 3.16. The molecule has 0 bridgehead atoms. The maximum atomic E-state index is 12.9. The number of carbonyl (C=O) groups is 2. The summed E-state index contributed by atoms with van der Waals surface area (Å²) in [7, 11) is 3.02. The van der Waals surface area contributed by atoms with E-state index in [9.17, 15) is 9.59 Å². The highest BCUT2D eigenvalue weighted by Gasteiger charge is 2.25. The second kappa shape index (κ2) is 9.12. The number of hydrogen-bond donors (Lipinski definition) is 0. The van der Waals surface area contributed by atoms with Crippen LogP contribution in [-0.4, -0.2) is 70.5 Å². The topological polar surface area (TPSA) is 83.5 Å². The van der Waals surface area contributed by atoms with Crippen molar-refractivity contribution >= 4 is 11.9 Å². The van der Waals surface area contributed by atoms with Crippen molar-refractivity contribution < 1.29 is 33.3 Å². The predicted molar refractivity (Wildman–Crippen MR) is 88.4 cm³/mol. The Balaban J connectivity index is 2.26. The number of hydrogen-bond acceptors (Lipinski definition) is 7. The smallest absolute Gasteiger partial charge is 0.325 e. The van der Waals surface area contributed by atoms with Gasteiger partial charge in [-0.15, -0.1) is 0 Å². The van der Waals surface area contributed by atoms with Crippen LogP contribution in [0.1, 0.15) is 17.3 Å². The molecule has 1 aromatic rings. The SMILES string of the molecule is CCOC(=O)CN(CCOC)C(=O)c1cc(OC)c2c(c1)OCCO2. The average Bonchev–Trinajstić information content (AvgIpc) is 2.63. The Morgan fingerprint density at radius 3 is 2.64 bits per heavy atom. The van der Waals surface area contributed by atoms with Gasteiger partial charge in [0.2, 0.25) is 5.75 Å². The molecule has 0 aromatic heterocycles. The number of esters is 1. The minimum absolute atomic E-state index is 0.160. The van der Waals surface area contributed by atoms with Gasteiger partial charge in [0.1, 0.15) is 19.8 Å². The van der Waals surface area contributed by atoms with E-state index in [1.54, 1.807) is 19.1 Å². The molecule has 0 N–H and O–H groups in total. The number of ether oxygens (including phenoxy) is 5. The van der Waals surface area contributed by atoms with Gasteiger partial charge in [0.05, 0.1) is 20.3 Å². The molecule has 25 heavy (non-hydrogen) atoms. The lowest BCUT2D eigenvalue weighted by Crippen LogP contribution is -2.38. The monoisotopic (exact) mass is 353 g/mol. The Labute approximate surface area is 146 Å². The molecule has 0 radical (unpaired) electrons. The molecule has 1 aliphatic rings. The second-order valence-corrected chi connectivity index (χ2v) is 5.23. The van der Waals surface area contributed by atoms with E-state index in [0.29, 0.717) is 42.6 Å². The molecule has 0 aliphatic carbocycles. The molecule has 2 rings (SSSR count). The molecule has 0 unspecified atom stereocenters. The zero-order valence-corrected chi connectivity index (χ0v) is 14.7. The standard InChI is InChI=1S/C17H23NO7/c1-4-23-15(19)11-18(5-6-21-2)17(20)12-9-13(22-3)16-14(10-12)24-7-8-25-16/h9-10H,4-8,11H2,1-3H3. The van der Waals surface area contributed by atoms with Crippen LogP contribution in [0.5, 0.6) is 17.2 Å². The Morgan fingerprint density at radius 2 is 1.96 bits per heavy atom. The van der Waals surface area contributed by atoms with Crippen molar-refractivity contribution in [2.75, 3.05) is 53.7 Å². The largest absolute Gasteiger partial charge is 0.493 e. The number of nitrogens with zero attached hydrogens (tertiary/aromatic N) is 1. The summed E-state index contributed by atoms with van der Waals surface area (Å²) in [5.41, 5.74) is 0.335. The zero-order chi connectivity index (χ0) is 18.2. The molecule has 0 spiro atoms. The van der Waals surface area contributed by atoms with E-state index in [1.807, 2.05) is 0 Å². The summed E-state index contributed by atoms with van der Waals surface area (Å²) in [5.74, 6) is 0.496. The van der Waals surface area contributed by atoms with Crippen LogP contribution in [-0.2, 0) is 14.3 Å². The molecule has 1 aromatic carbocycles. The molecule has 138 valence electrons. The first-order valence-electron chi connectivity index (χ1n) is 8.02. The minimum Gasteiger partial charge on any atom is -0.493 e. The van der Waals surface area contributed by atoms with Crippen LogP contribution in [0.2, 0.25) is 0 Å². The van der Waals surface area contributed by atoms with Gasteiger partial charge in [0.25, 0.3) is 5.91 Å². The normalized spacial score (nSPS) is 12.4. The Morgan fingerprint density at radius 1 is 1.20 bits per heavy atom. The highest BCUT2D eigenvalue weighted by molar-refractivity contribution is 5.97. The van der Waals surface area contributed by atoms with Crippen molar-refractivity contribution in [3.05, 3.63) is 17.7 Å². The van der Waals surface area contributed by atoms with E-state index in [1.165, 1.54) is 19.1 Å². The molecule has 0 saturated carbocycles.